The van der Waals surface area contributed by atoms with Gasteiger partial charge in [0.1, 0.15) is 4.88 Å². The fraction of sp³-hybridized carbons (Fsp3) is 0.541. The van der Waals surface area contributed by atoms with Gasteiger partial charge in [-0.25, -0.2) is 0 Å². The van der Waals surface area contributed by atoms with Gasteiger partial charge >= 0.3 is 0 Å². The van der Waals surface area contributed by atoms with E-state index in [-0.39, 0.29) is 29.3 Å². The maximum atomic E-state index is 13.5. The zero-order valence-corrected chi connectivity index (χ0v) is 29.0. The van der Waals surface area contributed by atoms with Crippen LogP contribution in [0.5, 0.6) is 0 Å². The highest BCUT2D eigenvalue weighted by Gasteiger charge is 2.31. The van der Waals surface area contributed by atoms with Gasteiger partial charge in [0, 0.05) is 45.9 Å². The number of aromatic nitrogens is 1. The number of carbonyl (C=O) groups is 2. The molecule has 0 bridgehead atoms. The summed E-state index contributed by atoms with van der Waals surface area (Å²) in [4.78, 5) is 32.0. The number of fused-ring (bicyclic) bond motifs is 5. The number of hydrogen-bond donors (Lipinski definition) is 3. The first-order valence-electron chi connectivity index (χ1n) is 16.5. The summed E-state index contributed by atoms with van der Waals surface area (Å²) in [7, 11) is 0. The molecule has 238 valence electrons. The molecule has 0 aliphatic carbocycles. The minimum absolute atomic E-state index is 0.0232. The van der Waals surface area contributed by atoms with Crippen LogP contribution in [0.3, 0.4) is 0 Å². The largest absolute Gasteiger partial charge is 0.381 e. The van der Waals surface area contributed by atoms with Gasteiger partial charge in [0.2, 0.25) is 5.91 Å². The van der Waals surface area contributed by atoms with Crippen LogP contribution < -0.4 is 16.0 Å². The van der Waals surface area contributed by atoms with Crippen molar-refractivity contribution >= 4 is 55.3 Å². The fourth-order valence-electron chi connectivity index (χ4n) is 6.43. The van der Waals surface area contributed by atoms with Crippen LogP contribution in [-0.4, -0.2) is 35.4 Å². The van der Waals surface area contributed by atoms with Gasteiger partial charge < -0.3 is 16.0 Å². The Balaban J connectivity index is 1.64. The monoisotopic (exact) mass is 616 g/mol. The fourth-order valence-corrected chi connectivity index (χ4v) is 7.53. The average Bonchev–Trinajstić information content (AvgIpc) is 3.30. The van der Waals surface area contributed by atoms with Crippen LogP contribution >= 0.6 is 11.3 Å². The topological polar surface area (TPSA) is 83.1 Å². The molecule has 0 saturated heterocycles. The van der Waals surface area contributed by atoms with Crippen molar-refractivity contribution in [1.82, 2.24) is 15.6 Å². The van der Waals surface area contributed by atoms with Gasteiger partial charge in [0.25, 0.3) is 5.91 Å². The maximum absolute atomic E-state index is 13.5. The van der Waals surface area contributed by atoms with Gasteiger partial charge in [-0.1, -0.05) is 80.0 Å². The van der Waals surface area contributed by atoms with E-state index in [4.69, 9.17) is 4.98 Å². The number of nitrogens with zero attached hydrogens (tertiary/aromatic N) is 1. The van der Waals surface area contributed by atoms with E-state index in [1.807, 2.05) is 26.1 Å². The number of thiophene rings is 1. The van der Waals surface area contributed by atoms with Gasteiger partial charge in [-0.3, -0.25) is 14.6 Å². The number of amides is 2. The molecule has 2 unspecified atom stereocenters. The average molecular weight is 617 g/mol. The number of allylic oxidation sites excluding steroid dienone is 3. The van der Waals surface area contributed by atoms with Crippen molar-refractivity contribution in [3.63, 3.8) is 0 Å². The van der Waals surface area contributed by atoms with Crippen LogP contribution in [0.2, 0.25) is 0 Å². The first-order chi connectivity index (χ1) is 20.9. The molecule has 2 aromatic heterocycles. The second kappa shape index (κ2) is 14.3. The van der Waals surface area contributed by atoms with E-state index >= 15 is 0 Å². The van der Waals surface area contributed by atoms with E-state index in [0.29, 0.717) is 24.8 Å². The highest BCUT2D eigenvalue weighted by Crippen LogP contribution is 2.42. The predicted molar refractivity (Wildman–Crippen MR) is 188 cm³/mol. The maximum Gasteiger partial charge on any atom is 0.263 e. The van der Waals surface area contributed by atoms with Crippen molar-refractivity contribution in [3.8, 4) is 0 Å². The highest BCUT2D eigenvalue weighted by atomic mass is 32.1. The van der Waals surface area contributed by atoms with Crippen LogP contribution in [0.15, 0.2) is 42.1 Å². The Hall–Kier alpha value is -3.19. The highest BCUT2D eigenvalue weighted by molar-refractivity contribution is 7.21. The lowest BCUT2D eigenvalue weighted by Gasteiger charge is -2.38. The van der Waals surface area contributed by atoms with Crippen molar-refractivity contribution in [1.29, 1.82) is 0 Å². The third-order valence-electron chi connectivity index (χ3n) is 9.57. The Morgan fingerprint density at radius 3 is 2.57 bits per heavy atom. The lowest BCUT2D eigenvalue weighted by Crippen LogP contribution is -2.41. The normalized spacial score (nSPS) is 17.7. The molecule has 3 N–H and O–H groups in total. The Morgan fingerprint density at radius 2 is 1.91 bits per heavy atom. The zero-order valence-electron chi connectivity index (χ0n) is 28.2. The zero-order chi connectivity index (χ0) is 32.2. The standard InChI is InChI=1S/C37H52N4O2S/c1-10-13-28(19-37(8,9)24(7)22(4)5)41-35(42)26(12-3)15-14-25(11-2)30-18-29-27(21-38-30)16-17-31-32(29)33-34(44-31)36(43)40-23(6)20-39-33/h14-18,21-24,28,39H,10-13,19-20H2,1-9H3,(H,40,43)(H,41,42)/b25-14+,26-15+/t23-,24?,28?/m1/s1. The molecule has 0 fully saturated rings. The van der Waals surface area contributed by atoms with Crippen LogP contribution in [0.25, 0.3) is 26.4 Å². The molecule has 1 aliphatic rings. The minimum Gasteiger partial charge on any atom is -0.381 e. The van der Waals surface area contributed by atoms with Crippen LogP contribution in [-0.2, 0) is 4.79 Å². The second-order valence-corrected chi connectivity index (χ2v) is 14.6. The van der Waals surface area contributed by atoms with Crippen molar-refractivity contribution < 1.29 is 9.59 Å². The summed E-state index contributed by atoms with van der Waals surface area (Å²) in [5, 5.41) is 13.2. The molecule has 3 aromatic rings. The molecule has 6 nitrogen and oxygen atoms in total. The number of anilines is 1. The number of benzene rings is 1. The summed E-state index contributed by atoms with van der Waals surface area (Å²) < 4.78 is 1.08. The van der Waals surface area contributed by atoms with E-state index in [1.54, 1.807) is 0 Å². The first-order valence-corrected chi connectivity index (χ1v) is 17.3. The number of pyridine rings is 1. The van der Waals surface area contributed by atoms with Crippen molar-refractivity contribution in [3.05, 3.63) is 52.7 Å². The van der Waals surface area contributed by atoms with Gasteiger partial charge in [0.05, 0.1) is 11.4 Å². The van der Waals surface area contributed by atoms with E-state index in [2.05, 4.69) is 88.7 Å². The summed E-state index contributed by atoms with van der Waals surface area (Å²) in [6, 6.07) is 6.51. The number of carbonyl (C=O) groups excluding carboxylic acids is 2. The Morgan fingerprint density at radius 1 is 1.16 bits per heavy atom. The Kier molecular flexibility index (Phi) is 10.9. The van der Waals surface area contributed by atoms with Crippen molar-refractivity contribution in [2.24, 2.45) is 17.3 Å². The van der Waals surface area contributed by atoms with Gasteiger partial charge in [-0.15, -0.1) is 11.3 Å². The van der Waals surface area contributed by atoms with E-state index in [9.17, 15) is 9.59 Å². The molecule has 0 spiro atoms. The summed E-state index contributed by atoms with van der Waals surface area (Å²) in [5.74, 6) is 1.16. The molecule has 0 radical (unpaired) electrons. The first kappa shape index (κ1) is 33.7. The van der Waals surface area contributed by atoms with Crippen molar-refractivity contribution in [2.45, 2.75) is 107 Å². The molecule has 1 aromatic carbocycles. The summed E-state index contributed by atoms with van der Waals surface area (Å²) in [6.07, 6.45) is 10.4. The molecule has 1 aliphatic heterocycles. The van der Waals surface area contributed by atoms with E-state index in [0.717, 1.165) is 73.9 Å². The molecule has 3 heterocycles. The second-order valence-electron chi connectivity index (χ2n) is 13.6. The minimum atomic E-state index is -0.0232. The summed E-state index contributed by atoms with van der Waals surface area (Å²) in [6.45, 7) is 20.6. The third kappa shape index (κ3) is 7.36. The van der Waals surface area contributed by atoms with Gasteiger partial charge in [0.15, 0.2) is 0 Å². The van der Waals surface area contributed by atoms with Crippen LogP contribution in [0.4, 0.5) is 5.69 Å². The molecule has 7 heteroatoms. The lowest BCUT2D eigenvalue weighted by atomic mass is 9.70. The van der Waals surface area contributed by atoms with Crippen LogP contribution in [0, 0.1) is 17.3 Å². The number of rotatable bonds is 12. The van der Waals surface area contributed by atoms with Gasteiger partial charge in [-0.05, 0) is 72.9 Å². The molecule has 0 saturated carbocycles. The summed E-state index contributed by atoms with van der Waals surface area (Å²) in [5.41, 5.74) is 3.79. The van der Waals surface area contributed by atoms with Gasteiger partial charge in [-0.2, -0.15) is 0 Å². The molecule has 44 heavy (non-hydrogen) atoms. The molecular weight excluding hydrogens is 565 g/mol. The lowest BCUT2D eigenvalue weighted by molar-refractivity contribution is -0.118. The van der Waals surface area contributed by atoms with E-state index < -0.39 is 0 Å². The molecule has 4 rings (SSSR count). The van der Waals surface area contributed by atoms with E-state index in [1.165, 1.54) is 11.3 Å². The SMILES string of the molecule is CCCC(CC(C)(C)C(C)C(C)C)NC(=O)/C(=C/C=C(\CC)c1cc2c(ccc3sc4c(c32)NC[C@@H](C)NC4=O)cn1)CC. The predicted octanol–water partition coefficient (Wildman–Crippen LogP) is 9.12. The third-order valence-corrected chi connectivity index (χ3v) is 10.7. The van der Waals surface area contributed by atoms with Crippen LogP contribution in [0.1, 0.15) is 110 Å². The quantitative estimate of drug-likeness (QED) is 0.140. The smallest absolute Gasteiger partial charge is 0.263 e. The molecule has 3 atom stereocenters. The van der Waals surface area contributed by atoms with Crippen molar-refractivity contribution in [2.75, 3.05) is 11.9 Å². The molecule has 2 amide bonds. The molecular formula is C37H52N4O2S. The Labute approximate surface area is 268 Å². The Bertz CT molecular complexity index is 1560. The summed E-state index contributed by atoms with van der Waals surface area (Å²) >= 11 is 1.53. The number of nitrogens with one attached hydrogen (secondary N) is 3. The number of hydrogen-bond acceptors (Lipinski definition) is 5.